The first-order chi connectivity index (χ1) is 12.7. The van der Waals surface area contributed by atoms with Gasteiger partial charge in [-0.25, -0.2) is 0 Å². The summed E-state index contributed by atoms with van der Waals surface area (Å²) in [6.45, 7) is 0. The van der Waals surface area contributed by atoms with E-state index < -0.39 is 0 Å². The van der Waals surface area contributed by atoms with Gasteiger partial charge >= 0.3 is 0 Å². The summed E-state index contributed by atoms with van der Waals surface area (Å²) in [5, 5.41) is 3.35. The zero-order valence-electron chi connectivity index (χ0n) is 14.2. The Labute approximate surface area is 162 Å². The first-order valence-corrected chi connectivity index (χ1v) is 9.44. The molecule has 0 aromatic heterocycles. The van der Waals surface area contributed by atoms with Gasteiger partial charge in [-0.1, -0.05) is 54.1 Å². The molecule has 0 fully saturated rings. The highest BCUT2D eigenvalue weighted by atomic mass is 35.5. The van der Waals surface area contributed by atoms with Crippen LogP contribution in [0.5, 0.6) is 5.75 Å². The molecule has 0 aliphatic rings. The molecule has 0 radical (unpaired) electrons. The lowest BCUT2D eigenvalue weighted by Gasteiger charge is -2.11. The van der Waals surface area contributed by atoms with Gasteiger partial charge in [-0.3, -0.25) is 4.79 Å². The number of methoxy groups -OCH3 is 1. The topological polar surface area (TPSA) is 38.3 Å². The Balaban J connectivity index is 1.74. The molecule has 0 aliphatic carbocycles. The zero-order valence-corrected chi connectivity index (χ0v) is 15.8. The number of thioether (sulfide) groups is 1. The van der Waals surface area contributed by atoms with Crippen molar-refractivity contribution in [3.05, 3.63) is 88.9 Å². The van der Waals surface area contributed by atoms with Gasteiger partial charge < -0.3 is 10.1 Å². The molecule has 0 atom stereocenters. The minimum atomic E-state index is -0.164. The number of ether oxygens (including phenoxy) is 1. The fourth-order valence-electron chi connectivity index (χ4n) is 2.46. The lowest BCUT2D eigenvalue weighted by molar-refractivity contribution is 0.102. The van der Waals surface area contributed by atoms with Gasteiger partial charge in [0.1, 0.15) is 5.75 Å². The van der Waals surface area contributed by atoms with Crippen LogP contribution in [-0.2, 0) is 5.75 Å². The number of amides is 1. The van der Waals surface area contributed by atoms with Crippen molar-refractivity contribution in [1.29, 1.82) is 0 Å². The molecule has 1 N–H and O–H groups in total. The Bertz CT molecular complexity index is 900. The predicted molar refractivity (Wildman–Crippen MR) is 108 cm³/mol. The van der Waals surface area contributed by atoms with E-state index in [1.807, 2.05) is 42.5 Å². The van der Waals surface area contributed by atoms with Crippen molar-refractivity contribution in [3.8, 4) is 5.75 Å². The van der Waals surface area contributed by atoms with Crippen LogP contribution in [0.25, 0.3) is 0 Å². The highest BCUT2D eigenvalue weighted by molar-refractivity contribution is 7.98. The highest BCUT2D eigenvalue weighted by Gasteiger charge is 2.12. The molecule has 5 heteroatoms. The number of hydrogen-bond acceptors (Lipinski definition) is 3. The van der Waals surface area contributed by atoms with Crippen molar-refractivity contribution >= 4 is 35.0 Å². The second-order valence-corrected chi connectivity index (χ2v) is 7.00. The third-order valence-electron chi connectivity index (χ3n) is 3.78. The van der Waals surface area contributed by atoms with Crippen molar-refractivity contribution in [3.63, 3.8) is 0 Å². The summed E-state index contributed by atoms with van der Waals surface area (Å²) < 4.78 is 5.13. The lowest BCUT2D eigenvalue weighted by Crippen LogP contribution is -2.13. The van der Waals surface area contributed by atoms with E-state index in [0.717, 1.165) is 10.6 Å². The Morgan fingerprint density at radius 3 is 2.50 bits per heavy atom. The Morgan fingerprint density at radius 1 is 1.04 bits per heavy atom. The maximum absolute atomic E-state index is 12.7. The summed E-state index contributed by atoms with van der Waals surface area (Å²) in [4.78, 5) is 13.7. The molecule has 132 valence electrons. The predicted octanol–water partition coefficient (Wildman–Crippen LogP) is 5.89. The average molecular weight is 384 g/mol. The van der Waals surface area contributed by atoms with Gasteiger partial charge in [-0.2, -0.15) is 0 Å². The number of rotatable bonds is 6. The second kappa shape index (κ2) is 8.79. The molecule has 0 bridgehead atoms. The van der Waals surface area contributed by atoms with Gasteiger partial charge in [-0.05, 0) is 35.9 Å². The van der Waals surface area contributed by atoms with Gasteiger partial charge in [0.05, 0.1) is 17.7 Å². The van der Waals surface area contributed by atoms with Crippen LogP contribution in [-0.4, -0.2) is 13.0 Å². The number of hydrogen-bond donors (Lipinski definition) is 1. The van der Waals surface area contributed by atoms with Gasteiger partial charge in [0.15, 0.2) is 0 Å². The van der Waals surface area contributed by atoms with Crippen molar-refractivity contribution in [2.75, 3.05) is 12.4 Å². The third kappa shape index (κ3) is 4.59. The number of halogens is 1. The Hall–Kier alpha value is -2.43. The quantitative estimate of drug-likeness (QED) is 0.539. The normalized spacial score (nSPS) is 10.4. The summed E-state index contributed by atoms with van der Waals surface area (Å²) in [6, 6.07) is 23.0. The van der Waals surface area contributed by atoms with Crippen LogP contribution in [0.15, 0.2) is 77.7 Å². The van der Waals surface area contributed by atoms with Crippen LogP contribution in [0.4, 0.5) is 5.69 Å². The van der Waals surface area contributed by atoms with Gasteiger partial charge in [-0.15, -0.1) is 11.8 Å². The molecular weight excluding hydrogens is 366 g/mol. The van der Waals surface area contributed by atoms with E-state index in [-0.39, 0.29) is 5.91 Å². The van der Waals surface area contributed by atoms with Crippen LogP contribution < -0.4 is 10.1 Å². The molecule has 26 heavy (non-hydrogen) atoms. The van der Waals surface area contributed by atoms with E-state index >= 15 is 0 Å². The standard InChI is InChI=1S/C21H18ClNO2S/c1-25-19-12-11-16(13-18(19)22)23-21(24)17-9-5-6-10-20(17)26-14-15-7-3-2-4-8-15/h2-13H,14H2,1H3,(H,23,24). The first kappa shape index (κ1) is 18.4. The van der Waals surface area contributed by atoms with Crippen molar-refractivity contribution in [2.45, 2.75) is 10.6 Å². The van der Waals surface area contributed by atoms with Gasteiger partial charge in [0.2, 0.25) is 0 Å². The van der Waals surface area contributed by atoms with Crippen molar-refractivity contribution in [2.24, 2.45) is 0 Å². The van der Waals surface area contributed by atoms with E-state index in [9.17, 15) is 4.79 Å². The van der Waals surface area contributed by atoms with E-state index in [0.29, 0.717) is 22.0 Å². The van der Waals surface area contributed by atoms with Crippen LogP contribution in [0.1, 0.15) is 15.9 Å². The molecule has 0 spiro atoms. The summed E-state index contributed by atoms with van der Waals surface area (Å²) in [7, 11) is 1.56. The number of benzene rings is 3. The summed E-state index contributed by atoms with van der Waals surface area (Å²) in [5.74, 6) is 1.21. The monoisotopic (exact) mass is 383 g/mol. The molecule has 1 amide bonds. The number of carbonyl (C=O) groups is 1. The Morgan fingerprint density at radius 2 is 1.77 bits per heavy atom. The molecule has 0 unspecified atom stereocenters. The molecule has 3 aromatic carbocycles. The largest absolute Gasteiger partial charge is 0.495 e. The number of nitrogens with one attached hydrogen (secondary N) is 1. The fraction of sp³-hybridized carbons (Fsp3) is 0.0952. The minimum Gasteiger partial charge on any atom is -0.495 e. The average Bonchev–Trinajstić information content (AvgIpc) is 2.67. The number of anilines is 1. The third-order valence-corrected chi connectivity index (χ3v) is 5.22. The van der Waals surface area contributed by atoms with E-state index in [1.165, 1.54) is 5.56 Å². The highest BCUT2D eigenvalue weighted by Crippen LogP contribution is 2.29. The minimum absolute atomic E-state index is 0.164. The van der Waals surface area contributed by atoms with E-state index in [2.05, 4.69) is 17.4 Å². The Kier molecular flexibility index (Phi) is 6.21. The first-order valence-electron chi connectivity index (χ1n) is 8.08. The van der Waals surface area contributed by atoms with Crippen molar-refractivity contribution in [1.82, 2.24) is 0 Å². The molecule has 3 nitrogen and oxygen atoms in total. The molecule has 3 aromatic rings. The molecular formula is C21H18ClNO2S. The van der Waals surface area contributed by atoms with Crippen LogP contribution in [0.3, 0.4) is 0 Å². The van der Waals surface area contributed by atoms with Crippen LogP contribution >= 0.6 is 23.4 Å². The fourth-order valence-corrected chi connectivity index (χ4v) is 3.72. The van der Waals surface area contributed by atoms with E-state index in [1.54, 1.807) is 37.1 Å². The maximum Gasteiger partial charge on any atom is 0.256 e. The molecule has 0 aliphatic heterocycles. The number of carbonyl (C=O) groups excluding carboxylic acids is 1. The summed E-state index contributed by atoms with van der Waals surface area (Å²) in [5.41, 5.74) is 2.48. The second-order valence-electron chi connectivity index (χ2n) is 5.57. The molecule has 0 saturated carbocycles. The molecule has 3 rings (SSSR count). The summed E-state index contributed by atoms with van der Waals surface area (Å²) >= 11 is 7.77. The van der Waals surface area contributed by atoms with Crippen molar-refractivity contribution < 1.29 is 9.53 Å². The SMILES string of the molecule is COc1ccc(NC(=O)c2ccccc2SCc2ccccc2)cc1Cl. The van der Waals surface area contributed by atoms with Crippen LogP contribution in [0, 0.1) is 0 Å². The maximum atomic E-state index is 12.7. The van der Waals surface area contributed by atoms with E-state index in [4.69, 9.17) is 16.3 Å². The lowest BCUT2D eigenvalue weighted by atomic mass is 10.2. The zero-order chi connectivity index (χ0) is 18.4. The summed E-state index contributed by atoms with van der Waals surface area (Å²) in [6.07, 6.45) is 0. The van der Waals surface area contributed by atoms with Gasteiger partial charge in [0.25, 0.3) is 5.91 Å². The molecule has 0 saturated heterocycles. The molecule has 0 heterocycles. The van der Waals surface area contributed by atoms with Gasteiger partial charge in [0, 0.05) is 16.3 Å². The smallest absolute Gasteiger partial charge is 0.256 e. The van der Waals surface area contributed by atoms with Crippen LogP contribution in [0.2, 0.25) is 5.02 Å².